The lowest BCUT2D eigenvalue weighted by atomic mass is 10.1. The minimum absolute atomic E-state index is 0.148. The molecule has 1 amide bonds. The number of carbonyl (C=O) groups is 1. The first-order valence-electron chi connectivity index (χ1n) is 7.68. The molecule has 132 valence electrons. The Morgan fingerprint density at radius 2 is 1.72 bits per heavy atom. The third-order valence-electron chi connectivity index (χ3n) is 4.07. The van der Waals surface area contributed by atoms with E-state index in [0.29, 0.717) is 42.6 Å². The van der Waals surface area contributed by atoms with Gasteiger partial charge in [-0.3, -0.25) is 4.79 Å². The second kappa shape index (κ2) is 6.92. The van der Waals surface area contributed by atoms with E-state index in [4.69, 9.17) is 11.6 Å². The van der Waals surface area contributed by atoms with Crippen LogP contribution in [0.15, 0.2) is 42.6 Å². The highest BCUT2D eigenvalue weighted by molar-refractivity contribution is 6.33. The van der Waals surface area contributed by atoms with Crippen LogP contribution < -0.4 is 4.90 Å². The number of anilines is 1. The Balaban J connectivity index is 1.64. The van der Waals surface area contributed by atoms with Gasteiger partial charge in [-0.1, -0.05) is 23.7 Å². The van der Waals surface area contributed by atoms with Gasteiger partial charge in [0.1, 0.15) is 5.82 Å². The molecule has 0 saturated carbocycles. The molecule has 2 heterocycles. The molecule has 0 bridgehead atoms. The highest BCUT2D eigenvalue weighted by atomic mass is 35.5. The maximum absolute atomic E-state index is 12.6. The molecule has 8 heteroatoms. The maximum Gasteiger partial charge on any atom is 0.417 e. The number of pyridine rings is 1. The van der Waals surface area contributed by atoms with Crippen molar-refractivity contribution in [3.63, 3.8) is 0 Å². The molecular formula is C17H15ClF3N3O. The Bertz CT molecular complexity index is 756. The second-order valence-electron chi connectivity index (χ2n) is 5.66. The molecule has 1 saturated heterocycles. The van der Waals surface area contributed by atoms with Crippen molar-refractivity contribution < 1.29 is 18.0 Å². The first-order valence-corrected chi connectivity index (χ1v) is 8.06. The molecule has 0 unspecified atom stereocenters. The van der Waals surface area contributed by atoms with Crippen LogP contribution in [0.5, 0.6) is 0 Å². The summed E-state index contributed by atoms with van der Waals surface area (Å²) in [6.45, 7) is 1.89. The number of alkyl halides is 3. The molecule has 0 aliphatic carbocycles. The lowest BCUT2D eigenvalue weighted by molar-refractivity contribution is -0.137. The quantitative estimate of drug-likeness (QED) is 0.809. The average Bonchev–Trinajstić information content (AvgIpc) is 2.61. The SMILES string of the molecule is O=C(c1ccccc1Cl)N1CCN(c2ccc(C(F)(F)F)cn2)CC1. The summed E-state index contributed by atoms with van der Waals surface area (Å²) in [7, 11) is 0. The molecule has 2 aromatic rings. The molecule has 0 N–H and O–H groups in total. The Hall–Kier alpha value is -2.28. The number of hydrogen-bond donors (Lipinski definition) is 0. The fraction of sp³-hybridized carbons (Fsp3) is 0.294. The van der Waals surface area contributed by atoms with E-state index in [-0.39, 0.29) is 5.91 Å². The van der Waals surface area contributed by atoms with Gasteiger partial charge in [-0.05, 0) is 24.3 Å². The molecule has 1 aromatic heterocycles. The van der Waals surface area contributed by atoms with Gasteiger partial charge in [0.2, 0.25) is 0 Å². The summed E-state index contributed by atoms with van der Waals surface area (Å²) in [6, 6.07) is 9.22. The largest absolute Gasteiger partial charge is 0.417 e. The third-order valence-corrected chi connectivity index (χ3v) is 4.40. The molecule has 1 aromatic carbocycles. The van der Waals surface area contributed by atoms with Gasteiger partial charge >= 0.3 is 6.18 Å². The van der Waals surface area contributed by atoms with Crippen molar-refractivity contribution in [2.75, 3.05) is 31.1 Å². The van der Waals surface area contributed by atoms with Gasteiger partial charge in [0.25, 0.3) is 5.91 Å². The summed E-state index contributed by atoms with van der Waals surface area (Å²) in [5.41, 5.74) is -0.325. The van der Waals surface area contributed by atoms with Crippen LogP contribution in [0, 0.1) is 0 Å². The molecule has 1 aliphatic rings. The van der Waals surface area contributed by atoms with Crippen LogP contribution >= 0.6 is 11.6 Å². The second-order valence-corrected chi connectivity index (χ2v) is 6.07. The van der Waals surface area contributed by atoms with Crippen LogP contribution in [-0.4, -0.2) is 42.0 Å². The normalized spacial score (nSPS) is 15.4. The Morgan fingerprint density at radius 1 is 1.04 bits per heavy atom. The van der Waals surface area contributed by atoms with Crippen molar-refractivity contribution in [3.8, 4) is 0 Å². The van der Waals surface area contributed by atoms with Gasteiger partial charge < -0.3 is 9.80 Å². The summed E-state index contributed by atoms with van der Waals surface area (Å²) in [5, 5.41) is 0.402. The average molecular weight is 370 g/mol. The zero-order valence-electron chi connectivity index (χ0n) is 13.1. The van der Waals surface area contributed by atoms with Gasteiger partial charge in [0.15, 0.2) is 0 Å². The number of benzene rings is 1. The van der Waals surface area contributed by atoms with Gasteiger partial charge in [-0.25, -0.2) is 4.98 Å². The van der Waals surface area contributed by atoms with E-state index in [1.807, 2.05) is 4.90 Å². The molecule has 0 spiro atoms. The lowest BCUT2D eigenvalue weighted by Crippen LogP contribution is -2.49. The molecule has 0 atom stereocenters. The lowest BCUT2D eigenvalue weighted by Gasteiger charge is -2.35. The Labute approximate surface area is 147 Å². The van der Waals surface area contributed by atoms with Crippen LogP contribution in [0.25, 0.3) is 0 Å². The van der Waals surface area contributed by atoms with Crippen molar-refractivity contribution in [2.45, 2.75) is 6.18 Å². The summed E-state index contributed by atoms with van der Waals surface area (Å²) in [5.74, 6) is 0.323. The summed E-state index contributed by atoms with van der Waals surface area (Å²) >= 11 is 6.05. The van der Waals surface area contributed by atoms with Gasteiger partial charge in [-0.2, -0.15) is 13.2 Å². The fourth-order valence-electron chi connectivity index (χ4n) is 2.68. The monoisotopic (exact) mass is 369 g/mol. The first kappa shape index (κ1) is 17.5. The molecule has 3 rings (SSSR count). The summed E-state index contributed by atoms with van der Waals surface area (Å²) in [6.07, 6.45) is -3.57. The van der Waals surface area contributed by atoms with E-state index in [1.54, 1.807) is 29.2 Å². The molecule has 1 fully saturated rings. The van der Waals surface area contributed by atoms with Crippen LogP contribution in [-0.2, 0) is 6.18 Å². The molecular weight excluding hydrogens is 355 g/mol. The maximum atomic E-state index is 12.6. The van der Waals surface area contributed by atoms with Gasteiger partial charge in [-0.15, -0.1) is 0 Å². The molecule has 4 nitrogen and oxygen atoms in total. The number of halogens is 4. The van der Waals surface area contributed by atoms with E-state index >= 15 is 0 Å². The standard InChI is InChI=1S/C17H15ClF3N3O/c18-14-4-2-1-3-13(14)16(25)24-9-7-23(8-10-24)15-6-5-12(11-22-15)17(19,20)21/h1-6,11H,7-10H2. The fourth-order valence-corrected chi connectivity index (χ4v) is 2.90. The first-order chi connectivity index (χ1) is 11.9. The van der Waals surface area contributed by atoms with E-state index < -0.39 is 11.7 Å². The highest BCUT2D eigenvalue weighted by Crippen LogP contribution is 2.29. The van der Waals surface area contributed by atoms with Crippen LogP contribution in [0.2, 0.25) is 5.02 Å². The van der Waals surface area contributed by atoms with Gasteiger partial charge in [0, 0.05) is 32.4 Å². The number of aromatic nitrogens is 1. The minimum Gasteiger partial charge on any atom is -0.353 e. The van der Waals surface area contributed by atoms with E-state index in [2.05, 4.69) is 4.98 Å². The van der Waals surface area contributed by atoms with Crippen molar-refractivity contribution in [2.24, 2.45) is 0 Å². The number of piperazine rings is 1. The zero-order chi connectivity index (χ0) is 18.0. The van der Waals surface area contributed by atoms with E-state index in [1.165, 1.54) is 6.07 Å². The van der Waals surface area contributed by atoms with Crippen molar-refractivity contribution in [1.29, 1.82) is 0 Å². The van der Waals surface area contributed by atoms with Crippen LogP contribution in [0.1, 0.15) is 15.9 Å². The van der Waals surface area contributed by atoms with Crippen molar-refractivity contribution in [1.82, 2.24) is 9.88 Å². The molecule has 0 radical (unpaired) electrons. The third kappa shape index (κ3) is 3.87. The topological polar surface area (TPSA) is 36.4 Å². The number of hydrogen-bond acceptors (Lipinski definition) is 3. The van der Waals surface area contributed by atoms with Crippen LogP contribution in [0.4, 0.5) is 19.0 Å². The predicted octanol–water partition coefficient (Wildman–Crippen LogP) is 3.72. The molecule has 1 aliphatic heterocycles. The van der Waals surface area contributed by atoms with Crippen molar-refractivity contribution in [3.05, 3.63) is 58.7 Å². The predicted molar refractivity (Wildman–Crippen MR) is 88.8 cm³/mol. The van der Waals surface area contributed by atoms with Crippen LogP contribution in [0.3, 0.4) is 0 Å². The summed E-state index contributed by atoms with van der Waals surface area (Å²) < 4.78 is 37.8. The Kier molecular flexibility index (Phi) is 4.85. The summed E-state index contributed by atoms with van der Waals surface area (Å²) in [4.78, 5) is 19.9. The number of amides is 1. The molecule has 25 heavy (non-hydrogen) atoms. The van der Waals surface area contributed by atoms with E-state index in [0.717, 1.165) is 12.3 Å². The Morgan fingerprint density at radius 3 is 2.28 bits per heavy atom. The van der Waals surface area contributed by atoms with E-state index in [9.17, 15) is 18.0 Å². The highest BCUT2D eigenvalue weighted by Gasteiger charge is 2.31. The number of nitrogens with zero attached hydrogens (tertiary/aromatic N) is 3. The number of carbonyl (C=O) groups excluding carboxylic acids is 1. The van der Waals surface area contributed by atoms with Crippen molar-refractivity contribution >= 4 is 23.3 Å². The smallest absolute Gasteiger partial charge is 0.353 e. The zero-order valence-corrected chi connectivity index (χ0v) is 13.9. The minimum atomic E-state index is -4.40. The van der Waals surface area contributed by atoms with Gasteiger partial charge in [0.05, 0.1) is 16.1 Å². The number of rotatable bonds is 2.